The quantitative estimate of drug-likeness (QED) is 0.246. The standard InChI is InChI=1S/C27H29N5O4.C8H17N/c1-27(9-11-31(16-33)12-10-27)29-15-17(14-28)13-18-5-6-21-24-19(18)3-2-4-20(24)26(36)32(21)22-7-8-23(34)30-25(22)35;1-3-8(2)4-6-9-7-5-8/h2-6,14-16,22H,7-13,28H2,1H3,(H,30,34,35);9H,3-7H2,1-2H3/b17-14-,29-15?;. The minimum Gasteiger partial charge on any atom is -0.404 e. The Kier molecular flexibility index (Phi) is 9.72. The fourth-order valence-electron chi connectivity index (χ4n) is 6.69. The second kappa shape index (κ2) is 13.5. The third kappa shape index (κ3) is 6.96. The molecule has 240 valence electrons. The number of anilines is 1. The topological polar surface area (TPSA) is 137 Å². The number of nitrogens with zero attached hydrogens (tertiary/aromatic N) is 3. The summed E-state index contributed by atoms with van der Waals surface area (Å²) >= 11 is 0. The van der Waals surface area contributed by atoms with Crippen LogP contribution in [0.1, 0.15) is 81.6 Å². The van der Waals surface area contributed by atoms with E-state index in [1.807, 2.05) is 30.5 Å². The molecule has 0 radical (unpaired) electrons. The summed E-state index contributed by atoms with van der Waals surface area (Å²) < 4.78 is 0. The number of allylic oxidation sites excluding steroid dienone is 1. The van der Waals surface area contributed by atoms with Gasteiger partial charge in [0, 0.05) is 43.1 Å². The first-order valence-corrected chi connectivity index (χ1v) is 16.2. The predicted octanol–water partition coefficient (Wildman–Crippen LogP) is 3.86. The zero-order chi connectivity index (χ0) is 32.2. The van der Waals surface area contributed by atoms with Gasteiger partial charge in [0.25, 0.3) is 5.91 Å². The van der Waals surface area contributed by atoms with Crippen LogP contribution >= 0.6 is 0 Å². The average molecular weight is 615 g/mol. The van der Waals surface area contributed by atoms with Gasteiger partial charge in [-0.2, -0.15) is 0 Å². The Morgan fingerprint density at radius 2 is 1.80 bits per heavy atom. The summed E-state index contributed by atoms with van der Waals surface area (Å²) in [5.74, 6) is -0.985. The van der Waals surface area contributed by atoms with Crippen LogP contribution in [0.2, 0.25) is 0 Å². The smallest absolute Gasteiger partial charge is 0.259 e. The van der Waals surface area contributed by atoms with E-state index in [2.05, 4.69) is 31.4 Å². The summed E-state index contributed by atoms with van der Waals surface area (Å²) in [7, 11) is 0. The monoisotopic (exact) mass is 614 g/mol. The molecule has 0 aliphatic carbocycles. The molecule has 10 nitrogen and oxygen atoms in total. The van der Waals surface area contributed by atoms with Gasteiger partial charge in [-0.05, 0) is 92.4 Å². The molecule has 2 aromatic rings. The third-order valence-electron chi connectivity index (χ3n) is 10.2. The normalized spacial score (nSPS) is 22.8. The highest BCUT2D eigenvalue weighted by molar-refractivity contribution is 6.27. The summed E-state index contributed by atoms with van der Waals surface area (Å²) in [5, 5.41) is 7.46. The lowest BCUT2D eigenvalue weighted by atomic mass is 9.79. The Balaban J connectivity index is 0.000000383. The van der Waals surface area contributed by atoms with Gasteiger partial charge in [-0.1, -0.05) is 38.5 Å². The van der Waals surface area contributed by atoms with Crippen LogP contribution in [0.3, 0.4) is 0 Å². The Hall–Kier alpha value is -4.05. The molecular formula is C35H46N6O4. The molecule has 4 heterocycles. The van der Waals surface area contributed by atoms with Gasteiger partial charge in [0.05, 0.1) is 11.2 Å². The Labute approximate surface area is 265 Å². The van der Waals surface area contributed by atoms with Crippen molar-refractivity contribution in [1.82, 2.24) is 15.5 Å². The molecule has 45 heavy (non-hydrogen) atoms. The van der Waals surface area contributed by atoms with Crippen LogP contribution in [0, 0.1) is 5.41 Å². The minimum absolute atomic E-state index is 0.202. The number of carbonyl (C=O) groups excluding carboxylic acids is 4. The number of amides is 4. The summed E-state index contributed by atoms with van der Waals surface area (Å²) in [5.41, 5.74) is 9.46. The van der Waals surface area contributed by atoms with Crippen molar-refractivity contribution in [2.45, 2.75) is 83.7 Å². The van der Waals surface area contributed by atoms with E-state index in [1.165, 1.54) is 37.3 Å². The first kappa shape index (κ1) is 32.3. The molecule has 0 spiro atoms. The highest BCUT2D eigenvalue weighted by Crippen LogP contribution is 2.41. The van der Waals surface area contributed by atoms with E-state index in [0.717, 1.165) is 41.2 Å². The van der Waals surface area contributed by atoms with Crippen LogP contribution < -0.4 is 21.3 Å². The van der Waals surface area contributed by atoms with Crippen LogP contribution in [0.5, 0.6) is 0 Å². The second-order valence-electron chi connectivity index (χ2n) is 13.3. The maximum atomic E-state index is 13.3. The summed E-state index contributed by atoms with van der Waals surface area (Å²) in [6, 6.07) is 8.71. The number of carbonyl (C=O) groups is 4. The maximum absolute atomic E-state index is 13.3. The molecule has 1 unspecified atom stereocenters. The van der Waals surface area contributed by atoms with Gasteiger partial charge in [-0.25, -0.2) is 0 Å². The lowest BCUT2D eigenvalue weighted by Gasteiger charge is -2.34. The van der Waals surface area contributed by atoms with E-state index >= 15 is 0 Å². The molecule has 4 aliphatic heterocycles. The molecule has 10 heteroatoms. The van der Waals surface area contributed by atoms with Gasteiger partial charge in [0.1, 0.15) is 6.04 Å². The van der Waals surface area contributed by atoms with Crippen molar-refractivity contribution in [3.05, 3.63) is 53.2 Å². The molecule has 0 aromatic heterocycles. The van der Waals surface area contributed by atoms with Crippen molar-refractivity contribution < 1.29 is 19.2 Å². The van der Waals surface area contributed by atoms with Crippen molar-refractivity contribution in [1.29, 1.82) is 0 Å². The van der Waals surface area contributed by atoms with E-state index in [4.69, 9.17) is 10.7 Å². The molecule has 4 aliphatic rings. The zero-order valence-corrected chi connectivity index (χ0v) is 26.7. The highest BCUT2D eigenvalue weighted by Gasteiger charge is 2.41. The van der Waals surface area contributed by atoms with Crippen LogP contribution in [-0.4, -0.2) is 73.0 Å². The number of piperidine rings is 3. The van der Waals surface area contributed by atoms with Gasteiger partial charge in [0.15, 0.2) is 0 Å². The van der Waals surface area contributed by atoms with Crippen molar-refractivity contribution in [2.24, 2.45) is 16.1 Å². The van der Waals surface area contributed by atoms with Crippen molar-refractivity contribution in [3.63, 3.8) is 0 Å². The molecule has 4 amide bonds. The number of likely N-dealkylation sites (tertiary alicyclic amines) is 1. The van der Waals surface area contributed by atoms with Gasteiger partial charge in [0.2, 0.25) is 18.2 Å². The largest absolute Gasteiger partial charge is 0.404 e. The number of rotatable bonds is 7. The van der Waals surface area contributed by atoms with Crippen LogP contribution in [0.25, 0.3) is 10.8 Å². The van der Waals surface area contributed by atoms with Gasteiger partial charge >= 0.3 is 0 Å². The number of hydrogen-bond donors (Lipinski definition) is 3. The van der Waals surface area contributed by atoms with Gasteiger partial charge < -0.3 is 16.0 Å². The fraction of sp³-hybridized carbons (Fsp3) is 0.514. The SMILES string of the molecule is CC1(N=C/C(=C\N)Cc2ccc3c4c(cccc24)C(=O)N3C2CCC(=O)NC2=O)CCN(C=O)CC1.CCC1(C)CCNCC1. The predicted molar refractivity (Wildman–Crippen MR) is 177 cm³/mol. The van der Waals surface area contributed by atoms with Crippen LogP contribution in [0.15, 0.2) is 47.1 Å². The third-order valence-corrected chi connectivity index (χ3v) is 10.2. The molecule has 4 N–H and O–H groups in total. The molecule has 2 aromatic carbocycles. The van der Waals surface area contributed by atoms with Crippen molar-refractivity contribution >= 4 is 46.8 Å². The minimum atomic E-state index is -0.713. The van der Waals surface area contributed by atoms with E-state index in [9.17, 15) is 19.2 Å². The number of hydrogen-bond acceptors (Lipinski definition) is 7. The summed E-state index contributed by atoms with van der Waals surface area (Å²) in [4.78, 5) is 56.6. The average Bonchev–Trinajstić information content (AvgIpc) is 3.33. The molecule has 1 atom stereocenters. The van der Waals surface area contributed by atoms with E-state index in [-0.39, 0.29) is 23.8 Å². The Morgan fingerprint density at radius 3 is 2.42 bits per heavy atom. The first-order valence-electron chi connectivity index (χ1n) is 16.2. The summed E-state index contributed by atoms with van der Waals surface area (Å²) in [6.07, 6.45) is 10.9. The first-order chi connectivity index (χ1) is 21.6. The molecule has 3 saturated heterocycles. The molecule has 0 bridgehead atoms. The Morgan fingerprint density at radius 1 is 1.07 bits per heavy atom. The number of aliphatic imine (C=N–C) groups is 1. The van der Waals surface area contributed by atoms with E-state index < -0.39 is 11.9 Å². The number of imide groups is 1. The Bertz CT molecular complexity index is 1520. The van der Waals surface area contributed by atoms with Crippen LogP contribution in [-0.2, 0) is 20.8 Å². The van der Waals surface area contributed by atoms with Crippen molar-refractivity contribution in [2.75, 3.05) is 31.1 Å². The number of nitrogens with two attached hydrogens (primary N) is 1. The number of benzene rings is 2. The van der Waals surface area contributed by atoms with Crippen LogP contribution in [0.4, 0.5) is 5.69 Å². The molecule has 6 rings (SSSR count). The highest BCUT2D eigenvalue weighted by atomic mass is 16.2. The zero-order valence-electron chi connectivity index (χ0n) is 26.7. The maximum Gasteiger partial charge on any atom is 0.259 e. The van der Waals surface area contributed by atoms with Gasteiger partial charge in [-0.15, -0.1) is 0 Å². The van der Waals surface area contributed by atoms with E-state index in [0.29, 0.717) is 42.6 Å². The van der Waals surface area contributed by atoms with Gasteiger partial charge in [-0.3, -0.25) is 34.4 Å². The molecule has 3 fully saturated rings. The summed E-state index contributed by atoms with van der Waals surface area (Å²) in [6.45, 7) is 10.6. The lowest BCUT2D eigenvalue weighted by Crippen LogP contribution is -2.53. The second-order valence-corrected chi connectivity index (χ2v) is 13.3. The lowest BCUT2D eigenvalue weighted by molar-refractivity contribution is -0.134. The number of nitrogens with one attached hydrogen (secondary N) is 2. The van der Waals surface area contributed by atoms with Crippen molar-refractivity contribution in [3.8, 4) is 0 Å². The molecule has 0 saturated carbocycles. The fourth-order valence-corrected chi connectivity index (χ4v) is 6.69. The van der Waals surface area contributed by atoms with E-state index in [1.54, 1.807) is 17.2 Å². The molecular weight excluding hydrogens is 568 g/mol.